The summed E-state index contributed by atoms with van der Waals surface area (Å²) in [6, 6.07) is 8.35. The van der Waals surface area contributed by atoms with E-state index in [-0.39, 0.29) is 24.1 Å². The van der Waals surface area contributed by atoms with E-state index in [1.54, 1.807) is 18.3 Å². The van der Waals surface area contributed by atoms with E-state index in [4.69, 9.17) is 4.74 Å². The van der Waals surface area contributed by atoms with Crippen LogP contribution in [-0.4, -0.2) is 37.6 Å². The van der Waals surface area contributed by atoms with Gasteiger partial charge in [-0.15, -0.1) is 5.10 Å². The lowest BCUT2D eigenvalue weighted by Crippen LogP contribution is -2.22. The summed E-state index contributed by atoms with van der Waals surface area (Å²) in [6.07, 6.45) is 5.34. The van der Waals surface area contributed by atoms with Crippen LogP contribution in [0.25, 0.3) is 5.65 Å². The van der Waals surface area contributed by atoms with E-state index in [0.717, 1.165) is 12.8 Å². The predicted octanol–water partition coefficient (Wildman–Crippen LogP) is 1.49. The molecule has 0 bridgehead atoms. The van der Waals surface area contributed by atoms with Crippen LogP contribution < -0.4 is 11.0 Å². The van der Waals surface area contributed by atoms with Crippen molar-refractivity contribution in [1.29, 1.82) is 0 Å². The number of amides is 1. The van der Waals surface area contributed by atoms with Crippen molar-refractivity contribution in [3.63, 3.8) is 0 Å². The molecule has 4 rings (SSSR count). The number of rotatable bonds is 7. The Morgan fingerprint density at radius 3 is 2.89 bits per heavy atom. The number of carbonyl (C=O) groups excluding carboxylic acids is 2. The molecule has 0 aliphatic heterocycles. The van der Waals surface area contributed by atoms with Crippen LogP contribution in [-0.2, 0) is 16.1 Å². The van der Waals surface area contributed by atoms with Crippen LogP contribution in [0.15, 0.2) is 47.5 Å². The molecule has 3 aromatic heterocycles. The molecule has 1 N–H and O–H groups in total. The lowest BCUT2D eigenvalue weighted by molar-refractivity contribution is -0.117. The second-order valence-corrected chi connectivity index (χ2v) is 6.62. The maximum absolute atomic E-state index is 12.2. The molecule has 3 heterocycles. The second-order valence-electron chi connectivity index (χ2n) is 6.62. The Balaban J connectivity index is 1.30. The molecular formula is C19H19N5O4. The molecule has 1 aliphatic rings. The van der Waals surface area contributed by atoms with Gasteiger partial charge in [-0.05, 0) is 37.1 Å². The highest BCUT2D eigenvalue weighted by molar-refractivity contribution is 5.95. The Labute approximate surface area is 160 Å². The Hall–Kier alpha value is -3.49. The maximum atomic E-state index is 12.2. The van der Waals surface area contributed by atoms with Gasteiger partial charge in [0.1, 0.15) is 5.82 Å². The summed E-state index contributed by atoms with van der Waals surface area (Å²) in [5.74, 6) is -0.189. The molecule has 9 nitrogen and oxygen atoms in total. The Bertz CT molecular complexity index is 1080. The standard InChI is InChI=1S/C19H19N5O4/c25-17(13-5-6-13)21-15-12-14(7-8-20-15)18(26)28-11-3-10-24-19(27)23-9-2-1-4-16(23)22-24/h1-2,4,7-9,12-13H,3,5-6,10-11H2,(H,20,21,25). The predicted molar refractivity (Wildman–Crippen MR) is 99.9 cm³/mol. The van der Waals surface area contributed by atoms with Gasteiger partial charge in [0.15, 0.2) is 5.65 Å². The van der Waals surface area contributed by atoms with Gasteiger partial charge in [-0.3, -0.25) is 9.20 Å². The minimum absolute atomic E-state index is 0.0559. The highest BCUT2D eigenvalue weighted by Crippen LogP contribution is 2.29. The van der Waals surface area contributed by atoms with Gasteiger partial charge in [0.25, 0.3) is 0 Å². The summed E-state index contributed by atoms with van der Waals surface area (Å²) in [5, 5.41) is 6.92. The number of nitrogens with zero attached hydrogens (tertiary/aromatic N) is 4. The van der Waals surface area contributed by atoms with E-state index in [1.807, 2.05) is 6.07 Å². The number of hydrogen-bond acceptors (Lipinski definition) is 6. The Morgan fingerprint density at radius 2 is 2.11 bits per heavy atom. The lowest BCUT2D eigenvalue weighted by Gasteiger charge is -2.07. The monoisotopic (exact) mass is 381 g/mol. The minimum Gasteiger partial charge on any atom is -0.462 e. The van der Waals surface area contributed by atoms with E-state index in [9.17, 15) is 14.4 Å². The van der Waals surface area contributed by atoms with Crippen LogP contribution in [0.5, 0.6) is 0 Å². The van der Waals surface area contributed by atoms with E-state index >= 15 is 0 Å². The first-order valence-corrected chi connectivity index (χ1v) is 9.10. The van der Waals surface area contributed by atoms with Crippen LogP contribution in [0.3, 0.4) is 0 Å². The van der Waals surface area contributed by atoms with Gasteiger partial charge in [0, 0.05) is 31.3 Å². The fourth-order valence-electron chi connectivity index (χ4n) is 2.78. The number of aryl methyl sites for hydroxylation is 1. The zero-order valence-corrected chi connectivity index (χ0v) is 15.1. The van der Waals surface area contributed by atoms with Crippen molar-refractivity contribution in [3.8, 4) is 0 Å². The van der Waals surface area contributed by atoms with Crippen molar-refractivity contribution >= 4 is 23.3 Å². The molecule has 0 radical (unpaired) electrons. The number of hydrogen-bond donors (Lipinski definition) is 1. The molecule has 3 aromatic rings. The topological polar surface area (TPSA) is 108 Å². The summed E-state index contributed by atoms with van der Waals surface area (Å²) >= 11 is 0. The van der Waals surface area contributed by atoms with Crippen LogP contribution in [0.1, 0.15) is 29.6 Å². The molecule has 0 unspecified atom stereocenters. The van der Waals surface area contributed by atoms with Gasteiger partial charge in [0.05, 0.1) is 12.2 Å². The molecule has 9 heteroatoms. The van der Waals surface area contributed by atoms with Crippen molar-refractivity contribution in [2.24, 2.45) is 5.92 Å². The number of carbonyl (C=O) groups is 2. The number of ether oxygens (including phenoxy) is 1. The molecule has 144 valence electrons. The lowest BCUT2D eigenvalue weighted by atomic mass is 10.2. The summed E-state index contributed by atoms with van der Waals surface area (Å²) in [6.45, 7) is 0.484. The van der Waals surface area contributed by atoms with Crippen LogP contribution in [0, 0.1) is 5.92 Å². The number of esters is 1. The average Bonchev–Trinajstić information content (AvgIpc) is 3.51. The molecule has 28 heavy (non-hydrogen) atoms. The van der Waals surface area contributed by atoms with Crippen molar-refractivity contribution in [3.05, 3.63) is 58.8 Å². The third-order valence-electron chi connectivity index (χ3n) is 4.43. The van der Waals surface area contributed by atoms with Gasteiger partial charge >= 0.3 is 11.7 Å². The Morgan fingerprint density at radius 1 is 1.25 bits per heavy atom. The molecule has 0 aromatic carbocycles. The van der Waals surface area contributed by atoms with Crippen LogP contribution in [0.4, 0.5) is 5.82 Å². The summed E-state index contributed by atoms with van der Waals surface area (Å²) in [7, 11) is 0. The molecule has 1 amide bonds. The van der Waals surface area contributed by atoms with Crippen molar-refractivity contribution < 1.29 is 14.3 Å². The van der Waals surface area contributed by atoms with Crippen LogP contribution >= 0.6 is 0 Å². The first-order valence-electron chi connectivity index (χ1n) is 9.10. The largest absolute Gasteiger partial charge is 0.462 e. The molecule has 0 saturated heterocycles. The second kappa shape index (κ2) is 7.63. The van der Waals surface area contributed by atoms with E-state index in [1.165, 1.54) is 27.4 Å². The molecule has 1 aliphatic carbocycles. The zero-order valence-electron chi connectivity index (χ0n) is 15.1. The third-order valence-corrected chi connectivity index (χ3v) is 4.43. The quantitative estimate of drug-likeness (QED) is 0.491. The highest BCUT2D eigenvalue weighted by Gasteiger charge is 2.29. The van der Waals surface area contributed by atoms with Gasteiger partial charge in [-0.1, -0.05) is 6.07 Å². The minimum atomic E-state index is -0.508. The summed E-state index contributed by atoms with van der Waals surface area (Å²) < 4.78 is 8.06. The maximum Gasteiger partial charge on any atom is 0.350 e. The molecule has 1 saturated carbocycles. The number of fused-ring (bicyclic) bond motifs is 1. The number of anilines is 1. The van der Waals surface area contributed by atoms with Crippen LogP contribution in [0.2, 0.25) is 0 Å². The van der Waals surface area contributed by atoms with Crippen molar-refractivity contribution in [1.82, 2.24) is 19.2 Å². The summed E-state index contributed by atoms with van der Waals surface area (Å²) in [5.41, 5.74) is 0.653. The average molecular weight is 381 g/mol. The third kappa shape index (κ3) is 3.93. The normalized spacial score (nSPS) is 13.4. The first-order chi connectivity index (χ1) is 13.6. The molecule has 1 fully saturated rings. The zero-order chi connectivity index (χ0) is 19.5. The van der Waals surface area contributed by atoms with Crippen molar-refractivity contribution in [2.75, 3.05) is 11.9 Å². The summed E-state index contributed by atoms with van der Waals surface area (Å²) in [4.78, 5) is 40.2. The highest BCUT2D eigenvalue weighted by atomic mass is 16.5. The van der Waals surface area contributed by atoms with Gasteiger partial charge in [0.2, 0.25) is 5.91 Å². The van der Waals surface area contributed by atoms with Gasteiger partial charge < -0.3 is 10.1 Å². The number of pyridine rings is 2. The van der Waals surface area contributed by atoms with E-state index in [0.29, 0.717) is 30.0 Å². The number of aromatic nitrogens is 4. The fraction of sp³-hybridized carbons (Fsp3) is 0.316. The first kappa shape index (κ1) is 17.9. The fourth-order valence-corrected chi connectivity index (χ4v) is 2.78. The smallest absolute Gasteiger partial charge is 0.350 e. The SMILES string of the molecule is O=C(OCCCn1nc2ccccn2c1=O)c1ccnc(NC(=O)C2CC2)c1. The van der Waals surface area contributed by atoms with Gasteiger partial charge in [-0.2, -0.15) is 0 Å². The van der Waals surface area contributed by atoms with E-state index < -0.39 is 5.97 Å². The van der Waals surface area contributed by atoms with Crippen molar-refractivity contribution in [2.45, 2.75) is 25.8 Å². The Kier molecular flexibility index (Phi) is 4.88. The van der Waals surface area contributed by atoms with E-state index in [2.05, 4.69) is 15.4 Å². The molecule has 0 atom stereocenters. The molecule has 0 spiro atoms. The molecular weight excluding hydrogens is 362 g/mol. The number of nitrogens with one attached hydrogen (secondary N) is 1. The van der Waals surface area contributed by atoms with Gasteiger partial charge in [-0.25, -0.2) is 19.3 Å².